The highest BCUT2D eigenvalue weighted by Gasteiger charge is 2.29. The molecule has 3 nitrogen and oxygen atoms in total. The van der Waals surface area contributed by atoms with E-state index < -0.39 is 0 Å². The zero-order valence-electron chi connectivity index (χ0n) is 8.99. The molecule has 1 aromatic heterocycles. The van der Waals surface area contributed by atoms with Gasteiger partial charge in [0.05, 0.1) is 11.6 Å². The molecule has 1 saturated carbocycles. The van der Waals surface area contributed by atoms with Crippen LogP contribution in [0.25, 0.3) is 0 Å². The summed E-state index contributed by atoms with van der Waals surface area (Å²) in [4.78, 5) is 2.35. The maximum absolute atomic E-state index is 5.68. The lowest BCUT2D eigenvalue weighted by atomic mass is 10.3. The smallest absolute Gasteiger partial charge is 0.151 e. The van der Waals surface area contributed by atoms with Gasteiger partial charge in [0, 0.05) is 12.6 Å². The molecule has 0 radical (unpaired) electrons. The molecule has 0 atom stereocenters. The molecule has 4 heteroatoms. The maximum Gasteiger partial charge on any atom is 0.151 e. The molecule has 1 aromatic rings. The first-order valence-corrected chi connectivity index (χ1v) is 6.03. The first-order valence-electron chi connectivity index (χ1n) is 5.50. The first kappa shape index (κ1) is 10.7. The fourth-order valence-corrected chi connectivity index (χ4v) is 1.83. The average Bonchev–Trinajstić information content (AvgIpc) is 3.10. The Morgan fingerprint density at radius 2 is 2.20 bits per heavy atom. The van der Waals surface area contributed by atoms with Crippen molar-refractivity contribution in [3.8, 4) is 0 Å². The van der Waals surface area contributed by atoms with Crippen LogP contribution in [0.15, 0.2) is 12.1 Å². The lowest BCUT2D eigenvalue weighted by Crippen LogP contribution is -2.27. The Balaban J connectivity index is 2.10. The van der Waals surface area contributed by atoms with E-state index in [0.717, 1.165) is 24.5 Å². The molecule has 0 saturated heterocycles. The van der Waals surface area contributed by atoms with E-state index in [0.29, 0.717) is 11.9 Å². The summed E-state index contributed by atoms with van der Waals surface area (Å²) in [5.74, 6) is 1.43. The van der Waals surface area contributed by atoms with E-state index in [2.05, 4.69) is 22.0 Å². The third kappa shape index (κ3) is 2.59. The molecule has 2 rings (SSSR count). The van der Waals surface area contributed by atoms with Crippen LogP contribution in [0.3, 0.4) is 0 Å². The number of hydrogen-bond acceptors (Lipinski definition) is 3. The highest BCUT2D eigenvalue weighted by atomic mass is 35.5. The van der Waals surface area contributed by atoms with Crippen molar-refractivity contribution >= 4 is 17.4 Å². The van der Waals surface area contributed by atoms with Crippen LogP contribution in [0.5, 0.6) is 0 Å². The van der Waals surface area contributed by atoms with Gasteiger partial charge in [-0.1, -0.05) is 6.92 Å². The second-order valence-electron chi connectivity index (χ2n) is 3.94. The molecule has 0 unspecified atom stereocenters. The van der Waals surface area contributed by atoms with Gasteiger partial charge in [-0.25, -0.2) is 0 Å². The van der Waals surface area contributed by atoms with Crippen molar-refractivity contribution in [2.45, 2.75) is 38.1 Å². The van der Waals surface area contributed by atoms with E-state index in [1.54, 1.807) is 0 Å². The summed E-state index contributed by atoms with van der Waals surface area (Å²) < 4.78 is 0. The Morgan fingerprint density at radius 1 is 1.40 bits per heavy atom. The minimum absolute atomic E-state index is 0.435. The average molecular weight is 226 g/mol. The molecule has 1 heterocycles. The fraction of sp³-hybridized carbons (Fsp3) is 0.636. The molecule has 15 heavy (non-hydrogen) atoms. The lowest BCUT2D eigenvalue weighted by molar-refractivity contribution is 0.737. The molecular weight excluding hydrogens is 210 g/mol. The summed E-state index contributed by atoms with van der Waals surface area (Å²) in [7, 11) is 0. The molecule has 1 fully saturated rings. The quantitative estimate of drug-likeness (QED) is 0.722. The van der Waals surface area contributed by atoms with E-state index in [4.69, 9.17) is 11.6 Å². The number of nitrogens with zero attached hydrogens (tertiary/aromatic N) is 3. The minimum atomic E-state index is 0.435. The van der Waals surface area contributed by atoms with Gasteiger partial charge in [-0.05, 0) is 31.4 Å². The molecule has 1 aliphatic carbocycles. The summed E-state index contributed by atoms with van der Waals surface area (Å²) in [5, 5.41) is 8.31. The van der Waals surface area contributed by atoms with E-state index >= 15 is 0 Å². The van der Waals surface area contributed by atoms with E-state index in [1.807, 2.05) is 12.1 Å². The molecule has 0 spiro atoms. The molecule has 0 bridgehead atoms. The Kier molecular flexibility index (Phi) is 3.41. The van der Waals surface area contributed by atoms with Crippen molar-refractivity contribution in [2.75, 3.05) is 11.4 Å². The SMILES string of the molecule is CCCN(c1ccc(CCl)nn1)C1CC1. The van der Waals surface area contributed by atoms with Gasteiger partial charge in [0.1, 0.15) is 0 Å². The minimum Gasteiger partial charge on any atom is -0.352 e. The van der Waals surface area contributed by atoms with E-state index in [1.165, 1.54) is 12.8 Å². The van der Waals surface area contributed by atoms with Crippen LogP contribution in [0.4, 0.5) is 5.82 Å². The number of anilines is 1. The van der Waals surface area contributed by atoms with Crippen molar-refractivity contribution < 1.29 is 0 Å². The zero-order valence-corrected chi connectivity index (χ0v) is 9.74. The van der Waals surface area contributed by atoms with Crippen LogP contribution in [0, 0.1) is 0 Å². The second-order valence-corrected chi connectivity index (χ2v) is 4.21. The number of hydrogen-bond donors (Lipinski definition) is 0. The summed E-state index contributed by atoms with van der Waals surface area (Å²) >= 11 is 5.68. The van der Waals surface area contributed by atoms with Crippen molar-refractivity contribution in [1.29, 1.82) is 0 Å². The number of rotatable bonds is 5. The van der Waals surface area contributed by atoms with Crippen molar-refractivity contribution in [3.63, 3.8) is 0 Å². The molecule has 0 N–H and O–H groups in total. The molecule has 82 valence electrons. The van der Waals surface area contributed by atoms with Crippen molar-refractivity contribution in [3.05, 3.63) is 17.8 Å². The topological polar surface area (TPSA) is 29.0 Å². The first-order chi connectivity index (χ1) is 7.35. The Hall–Kier alpha value is -0.830. The van der Waals surface area contributed by atoms with Gasteiger partial charge in [-0.2, -0.15) is 5.10 Å². The summed E-state index contributed by atoms with van der Waals surface area (Å²) in [6.45, 7) is 3.26. The normalized spacial score (nSPS) is 15.3. The van der Waals surface area contributed by atoms with Crippen LogP contribution in [0.1, 0.15) is 31.9 Å². The lowest BCUT2D eigenvalue weighted by Gasteiger charge is -2.22. The second kappa shape index (κ2) is 4.79. The van der Waals surface area contributed by atoms with Crippen LogP contribution in [-0.4, -0.2) is 22.8 Å². The largest absolute Gasteiger partial charge is 0.352 e. The molecule has 0 aromatic carbocycles. The van der Waals surface area contributed by atoms with Crippen LogP contribution in [0.2, 0.25) is 0 Å². The molecule has 1 aliphatic rings. The predicted molar refractivity (Wildman–Crippen MR) is 62.2 cm³/mol. The summed E-state index contributed by atoms with van der Waals surface area (Å²) in [6.07, 6.45) is 3.73. The van der Waals surface area contributed by atoms with Crippen molar-refractivity contribution in [1.82, 2.24) is 10.2 Å². The van der Waals surface area contributed by atoms with Crippen molar-refractivity contribution in [2.24, 2.45) is 0 Å². The van der Waals surface area contributed by atoms with Gasteiger partial charge in [0.25, 0.3) is 0 Å². The highest BCUT2D eigenvalue weighted by Crippen LogP contribution is 2.30. The van der Waals surface area contributed by atoms with Gasteiger partial charge >= 0.3 is 0 Å². The zero-order chi connectivity index (χ0) is 10.7. The monoisotopic (exact) mass is 225 g/mol. The van der Waals surface area contributed by atoms with Gasteiger partial charge < -0.3 is 4.90 Å². The number of aromatic nitrogens is 2. The van der Waals surface area contributed by atoms with E-state index in [9.17, 15) is 0 Å². The van der Waals surface area contributed by atoms with Crippen LogP contribution >= 0.6 is 11.6 Å². The Morgan fingerprint density at radius 3 is 2.67 bits per heavy atom. The third-order valence-electron chi connectivity index (χ3n) is 2.59. The Bertz CT molecular complexity index is 308. The predicted octanol–water partition coefficient (Wildman–Crippen LogP) is 2.59. The van der Waals surface area contributed by atoms with Gasteiger partial charge in [0.15, 0.2) is 5.82 Å². The third-order valence-corrected chi connectivity index (χ3v) is 2.86. The summed E-state index contributed by atoms with van der Waals surface area (Å²) in [6, 6.07) is 4.68. The number of halogens is 1. The fourth-order valence-electron chi connectivity index (χ4n) is 1.69. The standard InChI is InChI=1S/C11H16ClN3/c1-2-7-15(10-4-5-10)11-6-3-9(8-12)13-14-11/h3,6,10H,2,4-5,7-8H2,1H3. The molecule has 0 amide bonds. The highest BCUT2D eigenvalue weighted by molar-refractivity contribution is 6.16. The van der Waals surface area contributed by atoms with Crippen LogP contribution < -0.4 is 4.90 Å². The molecular formula is C11H16ClN3. The van der Waals surface area contributed by atoms with Gasteiger partial charge in [-0.15, -0.1) is 16.7 Å². The summed E-state index contributed by atoms with van der Waals surface area (Å²) in [5.41, 5.74) is 0.840. The Labute approximate surface area is 95.5 Å². The maximum atomic E-state index is 5.68. The molecule has 0 aliphatic heterocycles. The van der Waals surface area contributed by atoms with Gasteiger partial charge in [-0.3, -0.25) is 0 Å². The van der Waals surface area contributed by atoms with Gasteiger partial charge in [0.2, 0.25) is 0 Å². The van der Waals surface area contributed by atoms with E-state index in [-0.39, 0.29) is 0 Å². The number of alkyl halides is 1. The van der Waals surface area contributed by atoms with Crippen LogP contribution in [-0.2, 0) is 5.88 Å².